The largest absolute Gasteiger partial charge is 0.481 e. The molecule has 0 saturated carbocycles. The summed E-state index contributed by atoms with van der Waals surface area (Å²) < 4.78 is 0. The minimum absolute atomic E-state index is 0.0131. The average Bonchev–Trinajstić information content (AvgIpc) is 2.55. The van der Waals surface area contributed by atoms with Crippen LogP contribution in [0.3, 0.4) is 0 Å². The number of aliphatic carboxylic acids is 1. The molecule has 1 N–H and O–H groups in total. The summed E-state index contributed by atoms with van der Waals surface area (Å²) in [4.78, 5) is 26.9. The van der Waals surface area contributed by atoms with Gasteiger partial charge in [-0.15, -0.1) is 0 Å². The summed E-state index contributed by atoms with van der Waals surface area (Å²) in [6.07, 6.45) is 1.00. The molecule has 2 unspecified atom stereocenters. The highest BCUT2D eigenvalue weighted by Crippen LogP contribution is 2.26. The molecule has 5 heteroatoms. The summed E-state index contributed by atoms with van der Waals surface area (Å²) in [6.45, 7) is 11.0. The van der Waals surface area contributed by atoms with Gasteiger partial charge in [0, 0.05) is 24.7 Å². The van der Waals surface area contributed by atoms with Crippen molar-refractivity contribution >= 4 is 12.0 Å². The van der Waals surface area contributed by atoms with E-state index in [-0.39, 0.29) is 30.6 Å². The topological polar surface area (TPSA) is 60.9 Å². The van der Waals surface area contributed by atoms with Gasteiger partial charge in [0.1, 0.15) is 0 Å². The third-order valence-corrected chi connectivity index (χ3v) is 3.62. The Morgan fingerprint density at radius 3 is 2.26 bits per heavy atom. The summed E-state index contributed by atoms with van der Waals surface area (Å²) in [5.41, 5.74) is -0.363. The SMILES string of the molecule is CC1CC(C)N(C(=O)N(CCC(=O)O)C(C)(C)C)C1. The molecule has 5 nitrogen and oxygen atoms in total. The lowest BCUT2D eigenvalue weighted by atomic mass is 10.1. The summed E-state index contributed by atoms with van der Waals surface area (Å²) in [6, 6.07) is 0.197. The molecule has 0 aromatic carbocycles. The van der Waals surface area contributed by atoms with Crippen LogP contribution in [0.15, 0.2) is 0 Å². The van der Waals surface area contributed by atoms with Gasteiger partial charge in [0.05, 0.1) is 6.42 Å². The van der Waals surface area contributed by atoms with Crippen molar-refractivity contribution in [2.75, 3.05) is 13.1 Å². The van der Waals surface area contributed by atoms with Gasteiger partial charge in [-0.3, -0.25) is 4.79 Å². The Morgan fingerprint density at radius 2 is 1.89 bits per heavy atom. The van der Waals surface area contributed by atoms with E-state index in [9.17, 15) is 9.59 Å². The van der Waals surface area contributed by atoms with E-state index in [4.69, 9.17) is 5.11 Å². The molecular formula is C14H26N2O3. The van der Waals surface area contributed by atoms with Crippen molar-refractivity contribution in [2.45, 2.75) is 59.0 Å². The Bertz CT molecular complexity index is 349. The standard InChI is InChI=1S/C14H26N2O3/c1-10-8-11(2)15(9-10)13(19)16(14(3,4)5)7-6-12(17)18/h10-11H,6-9H2,1-5H3,(H,17,18). The number of hydrogen-bond donors (Lipinski definition) is 1. The number of urea groups is 1. The smallest absolute Gasteiger partial charge is 0.320 e. The summed E-state index contributed by atoms with van der Waals surface area (Å²) in [5.74, 6) is -0.356. The first-order valence-electron chi connectivity index (χ1n) is 6.93. The highest BCUT2D eigenvalue weighted by Gasteiger charge is 2.36. The van der Waals surface area contributed by atoms with Crippen LogP contribution < -0.4 is 0 Å². The second-order valence-electron chi connectivity index (χ2n) is 6.59. The first-order chi connectivity index (χ1) is 8.62. The van der Waals surface area contributed by atoms with Crippen LogP contribution in [0.5, 0.6) is 0 Å². The van der Waals surface area contributed by atoms with Crippen LogP contribution in [0, 0.1) is 5.92 Å². The molecular weight excluding hydrogens is 244 g/mol. The monoisotopic (exact) mass is 270 g/mol. The van der Waals surface area contributed by atoms with Crippen molar-refractivity contribution in [2.24, 2.45) is 5.92 Å². The molecule has 0 aromatic rings. The molecule has 0 bridgehead atoms. The third kappa shape index (κ3) is 4.11. The van der Waals surface area contributed by atoms with Gasteiger partial charge >= 0.3 is 12.0 Å². The predicted octanol–water partition coefficient (Wildman–Crippen LogP) is 2.41. The molecule has 19 heavy (non-hydrogen) atoms. The lowest BCUT2D eigenvalue weighted by molar-refractivity contribution is -0.137. The molecule has 1 fully saturated rings. The maximum Gasteiger partial charge on any atom is 0.320 e. The highest BCUT2D eigenvalue weighted by molar-refractivity contribution is 5.77. The first-order valence-corrected chi connectivity index (χ1v) is 6.93. The maximum atomic E-state index is 12.6. The number of carbonyl (C=O) groups is 2. The number of rotatable bonds is 3. The molecule has 0 aromatic heterocycles. The van der Waals surface area contributed by atoms with Crippen molar-refractivity contribution < 1.29 is 14.7 Å². The fourth-order valence-electron chi connectivity index (χ4n) is 2.65. The van der Waals surface area contributed by atoms with E-state index >= 15 is 0 Å². The van der Waals surface area contributed by atoms with Crippen molar-refractivity contribution in [1.82, 2.24) is 9.80 Å². The Labute approximate surface area is 115 Å². The van der Waals surface area contributed by atoms with E-state index < -0.39 is 5.97 Å². The van der Waals surface area contributed by atoms with Gasteiger partial charge in [-0.25, -0.2) is 4.79 Å². The normalized spacial score (nSPS) is 23.5. The molecule has 0 radical (unpaired) electrons. The summed E-state index contributed by atoms with van der Waals surface area (Å²) >= 11 is 0. The number of carboxylic acids is 1. The maximum absolute atomic E-state index is 12.6. The molecule has 1 aliphatic heterocycles. The van der Waals surface area contributed by atoms with Crippen molar-refractivity contribution in [3.63, 3.8) is 0 Å². The number of hydrogen-bond acceptors (Lipinski definition) is 2. The van der Waals surface area contributed by atoms with Gasteiger partial charge in [-0.05, 0) is 40.0 Å². The van der Waals surface area contributed by atoms with Crippen LogP contribution in [0.4, 0.5) is 4.79 Å². The molecule has 2 atom stereocenters. The van der Waals surface area contributed by atoms with Gasteiger partial charge in [-0.2, -0.15) is 0 Å². The van der Waals surface area contributed by atoms with Crippen LogP contribution in [-0.4, -0.2) is 51.6 Å². The van der Waals surface area contributed by atoms with Crippen LogP contribution in [0.1, 0.15) is 47.5 Å². The van der Waals surface area contributed by atoms with Crippen molar-refractivity contribution in [3.05, 3.63) is 0 Å². The fourth-order valence-corrected chi connectivity index (χ4v) is 2.65. The average molecular weight is 270 g/mol. The van der Waals surface area contributed by atoms with E-state index in [2.05, 4.69) is 13.8 Å². The predicted molar refractivity (Wildman–Crippen MR) is 74.1 cm³/mol. The van der Waals surface area contributed by atoms with E-state index in [1.807, 2.05) is 25.7 Å². The lowest BCUT2D eigenvalue weighted by Crippen LogP contribution is -2.53. The fraction of sp³-hybridized carbons (Fsp3) is 0.857. The Balaban J connectivity index is 2.80. The van der Waals surface area contributed by atoms with Crippen LogP contribution in [0.2, 0.25) is 0 Å². The Morgan fingerprint density at radius 1 is 1.32 bits per heavy atom. The summed E-state index contributed by atoms with van der Waals surface area (Å²) in [5, 5.41) is 8.82. The van der Waals surface area contributed by atoms with Gasteiger partial charge in [0.2, 0.25) is 0 Å². The number of carboxylic acid groups (broad SMARTS) is 1. The zero-order chi connectivity index (χ0) is 14.8. The molecule has 1 rings (SSSR count). The quantitative estimate of drug-likeness (QED) is 0.856. The van der Waals surface area contributed by atoms with Crippen molar-refractivity contribution in [3.8, 4) is 0 Å². The Kier molecular flexibility index (Phi) is 4.82. The van der Waals surface area contributed by atoms with Crippen LogP contribution in [0.25, 0.3) is 0 Å². The number of nitrogens with zero attached hydrogens (tertiary/aromatic N) is 2. The molecule has 1 saturated heterocycles. The van der Waals surface area contributed by atoms with Gasteiger partial charge in [0.25, 0.3) is 0 Å². The number of carbonyl (C=O) groups excluding carboxylic acids is 1. The van der Waals surface area contributed by atoms with Crippen LogP contribution >= 0.6 is 0 Å². The van der Waals surface area contributed by atoms with E-state index in [1.165, 1.54) is 0 Å². The molecule has 1 aliphatic rings. The molecule has 2 amide bonds. The Hall–Kier alpha value is -1.26. The van der Waals surface area contributed by atoms with E-state index in [1.54, 1.807) is 4.90 Å². The molecule has 110 valence electrons. The highest BCUT2D eigenvalue weighted by atomic mass is 16.4. The zero-order valence-electron chi connectivity index (χ0n) is 12.6. The van der Waals surface area contributed by atoms with Gasteiger partial charge in [0.15, 0.2) is 0 Å². The number of likely N-dealkylation sites (tertiary alicyclic amines) is 1. The zero-order valence-corrected chi connectivity index (χ0v) is 12.6. The van der Waals surface area contributed by atoms with E-state index in [0.717, 1.165) is 13.0 Å². The molecule has 0 aliphatic carbocycles. The molecule has 1 heterocycles. The van der Waals surface area contributed by atoms with Gasteiger partial charge < -0.3 is 14.9 Å². The van der Waals surface area contributed by atoms with Crippen LogP contribution in [-0.2, 0) is 4.79 Å². The third-order valence-electron chi connectivity index (χ3n) is 3.62. The minimum Gasteiger partial charge on any atom is -0.481 e. The lowest BCUT2D eigenvalue weighted by Gasteiger charge is -2.39. The second kappa shape index (κ2) is 5.80. The molecule has 0 spiro atoms. The number of amides is 2. The summed E-state index contributed by atoms with van der Waals surface area (Å²) in [7, 11) is 0. The minimum atomic E-state index is -0.870. The van der Waals surface area contributed by atoms with Gasteiger partial charge in [-0.1, -0.05) is 6.92 Å². The van der Waals surface area contributed by atoms with Crippen molar-refractivity contribution in [1.29, 1.82) is 0 Å². The second-order valence-corrected chi connectivity index (χ2v) is 6.59. The first kappa shape index (κ1) is 15.8. The van der Waals surface area contributed by atoms with E-state index in [0.29, 0.717) is 5.92 Å².